The van der Waals surface area contributed by atoms with E-state index < -0.39 is 22.0 Å². The number of carbonyl (C=O) groups is 2. The molecule has 2 N–H and O–H groups in total. The first-order valence-electron chi connectivity index (χ1n) is 14.2. The Morgan fingerprint density at radius 1 is 1.21 bits per heavy atom. The van der Waals surface area contributed by atoms with E-state index in [9.17, 15) is 23.3 Å². The van der Waals surface area contributed by atoms with Gasteiger partial charge in [0.2, 0.25) is 5.91 Å². The van der Waals surface area contributed by atoms with E-state index in [1.807, 2.05) is 6.92 Å². The number of nitrogens with zero attached hydrogens (tertiary/aromatic N) is 5. The zero-order valence-corrected chi connectivity index (χ0v) is 25.2. The third-order valence-corrected chi connectivity index (χ3v) is 10.3. The van der Waals surface area contributed by atoms with Crippen molar-refractivity contribution in [3.05, 3.63) is 46.1 Å². The number of carbonyl (C=O) groups excluding carboxylic acids is 2. The second-order valence-electron chi connectivity index (χ2n) is 11.0. The van der Waals surface area contributed by atoms with Gasteiger partial charge in [0, 0.05) is 73.1 Å². The van der Waals surface area contributed by atoms with Crippen LogP contribution in [0.4, 0.5) is 0 Å². The number of halogens is 1. The fraction of sp³-hybridized carbons (Fsp3) is 0.500. The molecule has 2 fully saturated rings. The Bertz CT molecular complexity index is 1710. The smallest absolute Gasteiger partial charge is 0.310 e. The van der Waals surface area contributed by atoms with E-state index in [1.165, 1.54) is 9.21 Å². The molecule has 0 bridgehead atoms. The summed E-state index contributed by atoms with van der Waals surface area (Å²) in [5.41, 5.74) is 1.59. The first-order valence-corrected chi connectivity index (χ1v) is 16.0. The molecule has 15 heteroatoms. The lowest BCUT2D eigenvalue weighted by molar-refractivity contribution is -0.136. The number of nitriles is 1. The van der Waals surface area contributed by atoms with Crippen molar-refractivity contribution in [2.75, 3.05) is 45.9 Å². The molecule has 0 spiro atoms. The number of rotatable bonds is 6. The SMILES string of the molecule is CC1Cc2nc(C(=O)N3CCN(S(=O)(=O)c4[nH]c5ccc(Cl)cc5c4CC#N)CC3CC(=O)N3CCOCC3)oc2CN1. The molecule has 0 radical (unpaired) electrons. The molecule has 13 nitrogen and oxygen atoms in total. The lowest BCUT2D eigenvalue weighted by atomic mass is 10.1. The van der Waals surface area contributed by atoms with Crippen molar-refractivity contribution in [2.45, 2.75) is 49.8 Å². The number of nitrogens with one attached hydrogen (secondary N) is 2. The van der Waals surface area contributed by atoms with Crippen LogP contribution >= 0.6 is 11.6 Å². The van der Waals surface area contributed by atoms with Crippen molar-refractivity contribution >= 4 is 44.3 Å². The van der Waals surface area contributed by atoms with Crippen molar-refractivity contribution in [1.29, 1.82) is 5.26 Å². The maximum Gasteiger partial charge on any atom is 0.310 e. The van der Waals surface area contributed by atoms with Crippen LogP contribution < -0.4 is 5.32 Å². The first-order chi connectivity index (χ1) is 20.7. The van der Waals surface area contributed by atoms with Crippen LogP contribution in [0.2, 0.25) is 5.02 Å². The van der Waals surface area contributed by atoms with Crippen molar-refractivity contribution < 1.29 is 27.2 Å². The largest absolute Gasteiger partial charge is 0.436 e. The van der Waals surface area contributed by atoms with Crippen LogP contribution in [0, 0.1) is 11.3 Å². The number of aromatic nitrogens is 2. The average Bonchev–Trinajstić information content (AvgIpc) is 3.59. The molecule has 2 aromatic heterocycles. The quantitative estimate of drug-likeness (QED) is 0.413. The molecule has 6 rings (SSSR count). The summed E-state index contributed by atoms with van der Waals surface area (Å²) < 4.78 is 40.6. The van der Waals surface area contributed by atoms with Gasteiger partial charge >= 0.3 is 5.91 Å². The molecule has 0 aliphatic carbocycles. The highest BCUT2D eigenvalue weighted by molar-refractivity contribution is 7.89. The van der Waals surface area contributed by atoms with Crippen LogP contribution in [0.25, 0.3) is 10.9 Å². The second kappa shape index (κ2) is 11.9. The number of sulfonamides is 1. The number of hydrogen-bond donors (Lipinski definition) is 2. The van der Waals surface area contributed by atoms with Gasteiger partial charge in [-0.2, -0.15) is 9.57 Å². The number of oxazole rings is 1. The molecule has 1 aromatic carbocycles. The molecule has 2 saturated heterocycles. The Hall–Kier alpha value is -3.48. The maximum atomic E-state index is 14.1. The summed E-state index contributed by atoms with van der Waals surface area (Å²) in [5.74, 6) is -0.137. The average molecular weight is 630 g/mol. The first kappa shape index (κ1) is 29.6. The molecule has 228 valence electrons. The van der Waals surface area contributed by atoms with E-state index in [4.69, 9.17) is 20.8 Å². The number of piperazine rings is 1. The Balaban J connectivity index is 1.31. The van der Waals surface area contributed by atoms with Gasteiger partial charge in [-0.05, 0) is 25.1 Å². The van der Waals surface area contributed by atoms with Crippen LogP contribution in [0.1, 0.15) is 41.0 Å². The molecule has 2 atom stereocenters. The molecule has 0 saturated carbocycles. The monoisotopic (exact) mass is 629 g/mol. The number of fused-ring (bicyclic) bond motifs is 2. The maximum absolute atomic E-state index is 14.1. The van der Waals surface area contributed by atoms with Crippen molar-refractivity contribution in [2.24, 2.45) is 0 Å². The number of amides is 2. The summed E-state index contributed by atoms with van der Waals surface area (Å²) in [6.45, 7) is 4.06. The highest BCUT2D eigenvalue weighted by Crippen LogP contribution is 2.32. The summed E-state index contributed by atoms with van der Waals surface area (Å²) in [5, 5.41) is 13.7. The molecule has 5 heterocycles. The van der Waals surface area contributed by atoms with Gasteiger partial charge in [-0.15, -0.1) is 0 Å². The zero-order chi connectivity index (χ0) is 30.3. The van der Waals surface area contributed by atoms with Gasteiger partial charge in [0.1, 0.15) is 5.76 Å². The summed E-state index contributed by atoms with van der Waals surface area (Å²) in [7, 11) is -4.15. The van der Waals surface area contributed by atoms with Crippen LogP contribution in [-0.4, -0.2) is 102 Å². The molecular weight excluding hydrogens is 598 g/mol. The topological polar surface area (TPSA) is 165 Å². The van der Waals surface area contributed by atoms with Crippen LogP contribution in [0.3, 0.4) is 0 Å². The Kier molecular flexibility index (Phi) is 8.18. The van der Waals surface area contributed by atoms with E-state index >= 15 is 0 Å². The molecule has 2 amide bonds. The van der Waals surface area contributed by atoms with E-state index in [2.05, 4.69) is 21.4 Å². The summed E-state index contributed by atoms with van der Waals surface area (Å²) >= 11 is 6.18. The van der Waals surface area contributed by atoms with Crippen LogP contribution in [0.5, 0.6) is 0 Å². The van der Waals surface area contributed by atoms with Gasteiger partial charge in [-0.1, -0.05) is 11.6 Å². The zero-order valence-electron chi connectivity index (χ0n) is 23.6. The number of aromatic amines is 1. The van der Waals surface area contributed by atoms with Crippen LogP contribution in [-0.2, 0) is 38.9 Å². The molecule has 3 aromatic rings. The summed E-state index contributed by atoms with van der Waals surface area (Å²) in [6, 6.07) is 6.41. The molecule has 3 aliphatic heterocycles. The van der Waals surface area contributed by atoms with Gasteiger partial charge in [-0.25, -0.2) is 13.4 Å². The van der Waals surface area contributed by atoms with Crippen molar-refractivity contribution in [3.63, 3.8) is 0 Å². The molecule has 43 heavy (non-hydrogen) atoms. The number of benzene rings is 1. The Morgan fingerprint density at radius 2 is 2.00 bits per heavy atom. The highest BCUT2D eigenvalue weighted by atomic mass is 35.5. The van der Waals surface area contributed by atoms with Gasteiger partial charge in [0.05, 0.1) is 44.0 Å². The molecule has 2 unspecified atom stereocenters. The minimum Gasteiger partial charge on any atom is -0.436 e. The minimum absolute atomic E-state index is 0.0164. The third-order valence-electron chi connectivity index (χ3n) is 8.23. The molecular formula is C28H32ClN7O6S. The van der Waals surface area contributed by atoms with Gasteiger partial charge in [0.15, 0.2) is 5.03 Å². The lowest BCUT2D eigenvalue weighted by Crippen LogP contribution is -2.58. The summed E-state index contributed by atoms with van der Waals surface area (Å²) in [4.78, 5) is 37.7. The van der Waals surface area contributed by atoms with E-state index in [-0.39, 0.29) is 55.3 Å². The van der Waals surface area contributed by atoms with Crippen LogP contribution in [0.15, 0.2) is 27.6 Å². The number of H-pyrrole nitrogens is 1. The summed E-state index contributed by atoms with van der Waals surface area (Å²) in [6.07, 6.45) is 0.399. The van der Waals surface area contributed by atoms with Gasteiger partial charge < -0.3 is 29.3 Å². The molecule has 3 aliphatic rings. The Labute approximate surface area is 253 Å². The predicted molar refractivity (Wildman–Crippen MR) is 155 cm³/mol. The van der Waals surface area contributed by atoms with Gasteiger partial charge in [0.25, 0.3) is 15.9 Å². The second-order valence-corrected chi connectivity index (χ2v) is 13.4. The van der Waals surface area contributed by atoms with Gasteiger partial charge in [-0.3, -0.25) is 9.59 Å². The van der Waals surface area contributed by atoms with E-state index in [1.54, 1.807) is 23.1 Å². The normalized spacial score (nSPS) is 21.5. The highest BCUT2D eigenvalue weighted by Gasteiger charge is 2.41. The standard InChI is InChI=1S/C28H32ClN7O6S/c1-17-12-23-24(15-31-17)42-26(32-23)28(38)36-7-6-35(16-19(36)14-25(37)34-8-10-41-11-9-34)43(39,40)27-20(4-5-30)21-13-18(29)2-3-22(21)33-27/h2-3,13,17,19,31,33H,4,6-12,14-16H2,1H3. The Morgan fingerprint density at radius 3 is 2.77 bits per heavy atom. The fourth-order valence-electron chi connectivity index (χ4n) is 5.95. The number of ether oxygens (including phenoxy) is 1. The fourth-order valence-corrected chi connectivity index (χ4v) is 7.81. The number of hydrogen-bond acceptors (Lipinski definition) is 9. The van der Waals surface area contributed by atoms with E-state index in [0.717, 1.165) is 5.69 Å². The minimum atomic E-state index is -4.15. The van der Waals surface area contributed by atoms with Crippen molar-refractivity contribution in [3.8, 4) is 6.07 Å². The predicted octanol–water partition coefficient (Wildman–Crippen LogP) is 1.67. The number of morpholine rings is 1. The lowest BCUT2D eigenvalue weighted by Gasteiger charge is -2.40. The van der Waals surface area contributed by atoms with Crippen molar-refractivity contribution in [1.82, 2.24) is 29.4 Å². The third kappa shape index (κ3) is 5.75. The van der Waals surface area contributed by atoms with E-state index in [0.29, 0.717) is 66.5 Å².